The maximum Gasteiger partial charge on any atom is 0.120 e. The van der Waals surface area contributed by atoms with Gasteiger partial charge >= 0.3 is 0 Å². The molecule has 0 amide bonds. The molecule has 1 aromatic carbocycles. The molecule has 2 N–H and O–H groups in total. The fraction of sp³-hybridized carbons (Fsp3) is 0.222. The number of nitrogens with zero attached hydrogens (tertiary/aromatic N) is 1. The van der Waals surface area contributed by atoms with Crippen molar-refractivity contribution in [2.24, 2.45) is 5.16 Å². The van der Waals surface area contributed by atoms with E-state index in [0.29, 0.717) is 0 Å². The molecule has 4 nitrogen and oxygen atoms in total. The molecule has 0 fully saturated rings. The highest BCUT2D eigenvalue weighted by Gasteiger charge is 1.99. The largest absolute Gasteiger partial charge is 0.497 e. The van der Waals surface area contributed by atoms with Crippen LogP contribution in [0, 0.1) is 0 Å². The Labute approximate surface area is 76.8 Å². The van der Waals surface area contributed by atoms with E-state index in [-0.39, 0.29) is 0 Å². The first-order valence-corrected chi connectivity index (χ1v) is 3.85. The van der Waals surface area contributed by atoms with Crippen LogP contribution >= 0.6 is 0 Å². The van der Waals surface area contributed by atoms with Gasteiger partial charge in [-0.05, 0) is 12.1 Å². The first-order valence-electron chi connectivity index (χ1n) is 3.85. The molecule has 0 bridgehead atoms. The molecule has 70 valence electrons. The Morgan fingerprint density at radius 2 is 2.31 bits per heavy atom. The van der Waals surface area contributed by atoms with E-state index in [0.717, 1.165) is 17.0 Å². The molecule has 0 unspecified atom stereocenters. The molecule has 0 saturated carbocycles. The van der Waals surface area contributed by atoms with Crippen molar-refractivity contribution in [2.45, 2.75) is 0 Å². The summed E-state index contributed by atoms with van der Waals surface area (Å²) in [6.07, 6.45) is 1.37. The molecule has 0 spiro atoms. The Kier molecular flexibility index (Phi) is 3.14. The minimum atomic E-state index is 0.763. The van der Waals surface area contributed by atoms with Gasteiger partial charge in [-0.1, -0.05) is 5.16 Å². The first kappa shape index (κ1) is 9.38. The van der Waals surface area contributed by atoms with E-state index >= 15 is 0 Å². The Balaban J connectivity index is 3.07. The van der Waals surface area contributed by atoms with E-state index in [9.17, 15) is 0 Å². The van der Waals surface area contributed by atoms with Gasteiger partial charge in [0.15, 0.2) is 0 Å². The van der Waals surface area contributed by atoms with Crippen LogP contribution in [-0.4, -0.2) is 25.6 Å². The van der Waals surface area contributed by atoms with Gasteiger partial charge in [0, 0.05) is 24.4 Å². The summed E-state index contributed by atoms with van der Waals surface area (Å²) in [5.74, 6) is 0.763. The van der Waals surface area contributed by atoms with Crippen molar-refractivity contribution >= 4 is 11.9 Å². The lowest BCUT2D eigenvalue weighted by Crippen LogP contribution is -1.95. The zero-order valence-electron chi connectivity index (χ0n) is 7.61. The molecule has 1 rings (SSSR count). The van der Waals surface area contributed by atoms with Gasteiger partial charge < -0.3 is 15.3 Å². The second kappa shape index (κ2) is 4.35. The van der Waals surface area contributed by atoms with E-state index in [1.165, 1.54) is 6.21 Å². The van der Waals surface area contributed by atoms with Crippen molar-refractivity contribution in [3.8, 4) is 5.75 Å². The number of oxime groups is 1. The fourth-order valence-corrected chi connectivity index (χ4v) is 1.05. The highest BCUT2D eigenvalue weighted by atomic mass is 16.5. The van der Waals surface area contributed by atoms with Crippen LogP contribution in [0.3, 0.4) is 0 Å². The third-order valence-electron chi connectivity index (χ3n) is 1.73. The van der Waals surface area contributed by atoms with Gasteiger partial charge in [-0.3, -0.25) is 0 Å². The zero-order chi connectivity index (χ0) is 9.68. The van der Waals surface area contributed by atoms with Crippen LogP contribution in [0.4, 0.5) is 5.69 Å². The number of hydrogen-bond donors (Lipinski definition) is 2. The molecular weight excluding hydrogens is 168 g/mol. The minimum absolute atomic E-state index is 0.763. The van der Waals surface area contributed by atoms with Gasteiger partial charge in [-0.15, -0.1) is 0 Å². The normalized spacial score (nSPS) is 10.3. The van der Waals surface area contributed by atoms with Crippen molar-refractivity contribution in [3.63, 3.8) is 0 Å². The first-order chi connectivity index (χ1) is 6.31. The number of benzene rings is 1. The summed E-state index contributed by atoms with van der Waals surface area (Å²) in [5.41, 5.74) is 1.67. The molecule has 0 aromatic heterocycles. The molecule has 0 atom stereocenters. The molecule has 0 aliphatic carbocycles. The summed E-state index contributed by atoms with van der Waals surface area (Å²) in [6.45, 7) is 0. The third-order valence-corrected chi connectivity index (χ3v) is 1.73. The molecule has 0 heterocycles. The summed E-state index contributed by atoms with van der Waals surface area (Å²) < 4.78 is 5.04. The number of hydrogen-bond acceptors (Lipinski definition) is 4. The van der Waals surface area contributed by atoms with E-state index in [1.807, 2.05) is 12.1 Å². The topological polar surface area (TPSA) is 53.8 Å². The molecular formula is C9H12N2O2. The van der Waals surface area contributed by atoms with Crippen molar-refractivity contribution < 1.29 is 9.94 Å². The minimum Gasteiger partial charge on any atom is -0.497 e. The number of nitrogens with one attached hydrogen (secondary N) is 1. The number of methoxy groups -OCH3 is 1. The SMILES string of the molecule is CNc1cc(OC)ccc1/C=N/O. The van der Waals surface area contributed by atoms with Crippen LogP contribution in [0.1, 0.15) is 5.56 Å². The van der Waals surface area contributed by atoms with Crippen LogP contribution in [0.2, 0.25) is 0 Å². The van der Waals surface area contributed by atoms with Gasteiger partial charge in [-0.2, -0.15) is 0 Å². The fourth-order valence-electron chi connectivity index (χ4n) is 1.05. The molecule has 4 heteroatoms. The molecule has 0 radical (unpaired) electrons. The second-order valence-electron chi connectivity index (χ2n) is 2.45. The van der Waals surface area contributed by atoms with E-state index in [1.54, 1.807) is 20.2 Å². The van der Waals surface area contributed by atoms with E-state index in [2.05, 4.69) is 10.5 Å². The average molecular weight is 180 g/mol. The monoisotopic (exact) mass is 180 g/mol. The number of rotatable bonds is 3. The highest BCUT2D eigenvalue weighted by Crippen LogP contribution is 2.20. The Morgan fingerprint density at radius 1 is 1.54 bits per heavy atom. The maximum atomic E-state index is 8.38. The predicted octanol–water partition coefficient (Wildman–Crippen LogP) is 1.54. The van der Waals surface area contributed by atoms with Crippen molar-refractivity contribution in [2.75, 3.05) is 19.5 Å². The second-order valence-corrected chi connectivity index (χ2v) is 2.45. The summed E-state index contributed by atoms with van der Waals surface area (Å²) in [5, 5.41) is 14.3. The van der Waals surface area contributed by atoms with E-state index in [4.69, 9.17) is 9.94 Å². The quantitative estimate of drug-likeness (QED) is 0.421. The lowest BCUT2D eigenvalue weighted by Gasteiger charge is -2.06. The van der Waals surface area contributed by atoms with Crippen LogP contribution in [-0.2, 0) is 0 Å². The van der Waals surface area contributed by atoms with Crippen LogP contribution in [0.15, 0.2) is 23.4 Å². The molecule has 0 saturated heterocycles. The van der Waals surface area contributed by atoms with Crippen LogP contribution < -0.4 is 10.1 Å². The predicted molar refractivity (Wildman–Crippen MR) is 51.9 cm³/mol. The standard InChI is InChI=1S/C9H12N2O2/c1-10-9-5-8(13-2)4-3-7(9)6-11-12/h3-6,10,12H,1-2H3/b11-6+. The highest BCUT2D eigenvalue weighted by molar-refractivity contribution is 5.87. The van der Waals surface area contributed by atoms with Crippen LogP contribution in [0.5, 0.6) is 5.75 Å². The molecule has 0 aliphatic rings. The Bertz CT molecular complexity index is 310. The number of anilines is 1. The van der Waals surface area contributed by atoms with Gasteiger partial charge in [0.05, 0.1) is 13.3 Å². The van der Waals surface area contributed by atoms with Crippen molar-refractivity contribution in [3.05, 3.63) is 23.8 Å². The van der Waals surface area contributed by atoms with Crippen molar-refractivity contribution in [1.82, 2.24) is 0 Å². The lowest BCUT2D eigenvalue weighted by molar-refractivity contribution is 0.322. The Morgan fingerprint density at radius 3 is 2.85 bits per heavy atom. The summed E-state index contributed by atoms with van der Waals surface area (Å²) in [7, 11) is 3.40. The van der Waals surface area contributed by atoms with Crippen LogP contribution in [0.25, 0.3) is 0 Å². The lowest BCUT2D eigenvalue weighted by atomic mass is 10.2. The summed E-state index contributed by atoms with van der Waals surface area (Å²) in [6, 6.07) is 5.44. The number of ether oxygens (including phenoxy) is 1. The molecule has 0 aliphatic heterocycles. The summed E-state index contributed by atoms with van der Waals surface area (Å²) >= 11 is 0. The van der Waals surface area contributed by atoms with Gasteiger partial charge in [0.25, 0.3) is 0 Å². The maximum absolute atomic E-state index is 8.38. The van der Waals surface area contributed by atoms with E-state index < -0.39 is 0 Å². The molecule has 13 heavy (non-hydrogen) atoms. The smallest absolute Gasteiger partial charge is 0.120 e. The zero-order valence-corrected chi connectivity index (χ0v) is 7.61. The van der Waals surface area contributed by atoms with Gasteiger partial charge in [0.1, 0.15) is 5.75 Å². The Hall–Kier alpha value is -1.71. The average Bonchev–Trinajstić information content (AvgIpc) is 2.19. The third kappa shape index (κ3) is 2.11. The van der Waals surface area contributed by atoms with Crippen molar-refractivity contribution in [1.29, 1.82) is 0 Å². The summed E-state index contributed by atoms with van der Waals surface area (Å²) in [4.78, 5) is 0. The van der Waals surface area contributed by atoms with Gasteiger partial charge in [0.2, 0.25) is 0 Å². The molecule has 1 aromatic rings. The van der Waals surface area contributed by atoms with Gasteiger partial charge in [-0.25, -0.2) is 0 Å².